The molecular formula is C17H23N3O2+2. The summed E-state index contributed by atoms with van der Waals surface area (Å²) < 4.78 is 9.52. The van der Waals surface area contributed by atoms with E-state index in [1.807, 2.05) is 46.1 Å². The molecule has 1 atom stereocenters. The molecule has 5 nitrogen and oxygen atoms in total. The Kier molecular flexibility index (Phi) is 4.88. The van der Waals surface area contributed by atoms with Crippen molar-refractivity contribution in [3.8, 4) is 0 Å². The molecule has 1 N–H and O–H groups in total. The lowest BCUT2D eigenvalue weighted by molar-refractivity contribution is -0.983. The van der Waals surface area contributed by atoms with Gasteiger partial charge < -0.3 is 5.21 Å². The molecular weight excluding hydrogens is 278 g/mol. The summed E-state index contributed by atoms with van der Waals surface area (Å²) in [4.78, 5) is 0. The van der Waals surface area contributed by atoms with Gasteiger partial charge in [-0.05, 0) is 11.0 Å². The van der Waals surface area contributed by atoms with Crippen molar-refractivity contribution in [3.63, 3.8) is 0 Å². The zero-order chi connectivity index (χ0) is 16.2. The van der Waals surface area contributed by atoms with Gasteiger partial charge in [0.05, 0.1) is 6.21 Å². The molecule has 2 rings (SSSR count). The summed E-state index contributed by atoms with van der Waals surface area (Å²) in [6.45, 7) is 6.57. The molecule has 5 heteroatoms. The van der Waals surface area contributed by atoms with E-state index in [2.05, 4.69) is 38.1 Å². The van der Waals surface area contributed by atoms with Gasteiger partial charge in [-0.2, -0.15) is 0 Å². The van der Waals surface area contributed by atoms with E-state index in [-0.39, 0.29) is 11.8 Å². The maximum absolute atomic E-state index is 8.55. The first-order chi connectivity index (χ1) is 10.5. The summed E-state index contributed by atoms with van der Waals surface area (Å²) >= 11 is 0. The fraction of sp³-hybridized carbons (Fsp3) is 0.353. The molecule has 0 aliphatic carbocycles. The molecule has 0 spiro atoms. The Morgan fingerprint density at radius 2 is 1.55 bits per heavy atom. The molecule has 2 heterocycles. The highest BCUT2D eigenvalue weighted by molar-refractivity contribution is 5.78. The van der Waals surface area contributed by atoms with E-state index in [4.69, 9.17) is 9.94 Å². The topological polar surface area (TPSA) is 49.6 Å². The summed E-state index contributed by atoms with van der Waals surface area (Å²) in [5, 5.41) is 11.6. The molecule has 0 radical (unpaired) electrons. The first kappa shape index (κ1) is 16.1. The van der Waals surface area contributed by atoms with Gasteiger partial charge in [0.1, 0.15) is 0 Å². The SMILES string of the molecule is COC([n+]1ccc(/C=N\O)cc1)[n+]1ccc(C(C)(C)C)cc1. The first-order valence-electron chi connectivity index (χ1n) is 7.18. The van der Waals surface area contributed by atoms with Crippen molar-refractivity contribution in [2.24, 2.45) is 5.16 Å². The lowest BCUT2D eigenvalue weighted by Crippen LogP contribution is -2.57. The zero-order valence-electron chi connectivity index (χ0n) is 13.5. The molecule has 116 valence electrons. The Bertz CT molecular complexity index is 628. The Labute approximate surface area is 131 Å². The van der Waals surface area contributed by atoms with Crippen molar-refractivity contribution in [1.82, 2.24) is 0 Å². The van der Waals surface area contributed by atoms with Crippen LogP contribution in [0.4, 0.5) is 0 Å². The van der Waals surface area contributed by atoms with Crippen LogP contribution in [-0.4, -0.2) is 18.5 Å². The summed E-state index contributed by atoms with van der Waals surface area (Å²) in [5.41, 5.74) is 2.22. The highest BCUT2D eigenvalue weighted by Crippen LogP contribution is 2.20. The predicted molar refractivity (Wildman–Crippen MR) is 82.8 cm³/mol. The quantitative estimate of drug-likeness (QED) is 0.406. The van der Waals surface area contributed by atoms with E-state index < -0.39 is 0 Å². The van der Waals surface area contributed by atoms with Crippen molar-refractivity contribution in [2.45, 2.75) is 32.5 Å². The normalized spacial score (nSPS) is 13.5. The van der Waals surface area contributed by atoms with Crippen LogP contribution in [0.2, 0.25) is 0 Å². The zero-order valence-corrected chi connectivity index (χ0v) is 13.5. The third-order valence-electron chi connectivity index (χ3n) is 3.52. The summed E-state index contributed by atoms with van der Waals surface area (Å²) in [6.07, 6.45) is 8.92. The van der Waals surface area contributed by atoms with Crippen molar-refractivity contribution in [3.05, 3.63) is 60.2 Å². The van der Waals surface area contributed by atoms with Crippen molar-refractivity contribution in [2.75, 3.05) is 7.11 Å². The Morgan fingerprint density at radius 1 is 1.05 bits per heavy atom. The minimum atomic E-state index is -0.269. The monoisotopic (exact) mass is 301 g/mol. The number of aromatic nitrogens is 2. The Balaban J connectivity index is 2.27. The predicted octanol–water partition coefficient (Wildman–Crippen LogP) is 2.02. The maximum atomic E-state index is 8.55. The number of pyridine rings is 2. The number of ether oxygens (including phenoxy) is 1. The van der Waals surface area contributed by atoms with Gasteiger partial charge in [0.2, 0.25) is 0 Å². The Hall–Kier alpha value is -2.27. The van der Waals surface area contributed by atoms with Crippen LogP contribution in [0.1, 0.15) is 38.2 Å². The number of hydrogen-bond donors (Lipinski definition) is 1. The van der Waals surface area contributed by atoms with Gasteiger partial charge in [-0.15, -0.1) is 9.13 Å². The van der Waals surface area contributed by atoms with Crippen LogP contribution in [0.5, 0.6) is 0 Å². The minimum absolute atomic E-state index is 0.125. The van der Waals surface area contributed by atoms with Crippen LogP contribution in [0.25, 0.3) is 0 Å². The lowest BCUT2D eigenvalue weighted by Gasteiger charge is -2.17. The maximum Gasteiger partial charge on any atom is 0.474 e. The second kappa shape index (κ2) is 6.66. The van der Waals surface area contributed by atoms with Crippen molar-refractivity contribution in [1.29, 1.82) is 0 Å². The van der Waals surface area contributed by atoms with Crippen LogP contribution in [0.15, 0.2) is 54.2 Å². The van der Waals surface area contributed by atoms with E-state index in [1.54, 1.807) is 7.11 Å². The van der Waals surface area contributed by atoms with Gasteiger partial charge in [-0.25, -0.2) is 0 Å². The molecule has 0 aromatic carbocycles. The van der Waals surface area contributed by atoms with Crippen LogP contribution < -0.4 is 9.13 Å². The van der Waals surface area contributed by atoms with E-state index >= 15 is 0 Å². The second-order valence-corrected chi connectivity index (χ2v) is 6.17. The molecule has 0 amide bonds. The smallest absolute Gasteiger partial charge is 0.411 e. The second-order valence-electron chi connectivity index (χ2n) is 6.17. The van der Waals surface area contributed by atoms with E-state index in [0.717, 1.165) is 5.56 Å². The Morgan fingerprint density at radius 3 is 1.95 bits per heavy atom. The van der Waals surface area contributed by atoms with Crippen LogP contribution in [0, 0.1) is 0 Å². The molecule has 0 aliphatic rings. The third-order valence-corrected chi connectivity index (χ3v) is 3.52. The molecule has 0 saturated heterocycles. The standard InChI is InChI=1S/C17H22N3O2/c1-17(2,3)15-7-11-20(12-8-15)16(22-4)19-9-5-14(6-10-19)13-18-21/h5-13,16H,1-4H3/q+1/p+1. The van der Waals surface area contributed by atoms with Crippen molar-refractivity contribution >= 4 is 6.21 Å². The summed E-state index contributed by atoms with van der Waals surface area (Å²) in [6, 6.07) is 7.93. The number of oxime groups is 1. The number of methoxy groups -OCH3 is 1. The number of hydrogen-bond acceptors (Lipinski definition) is 3. The third kappa shape index (κ3) is 3.68. The van der Waals surface area contributed by atoms with Crippen LogP contribution in [-0.2, 0) is 10.2 Å². The van der Waals surface area contributed by atoms with E-state index in [1.165, 1.54) is 11.8 Å². The lowest BCUT2D eigenvalue weighted by atomic mass is 9.88. The van der Waals surface area contributed by atoms with Gasteiger partial charge in [-0.1, -0.05) is 25.9 Å². The molecule has 22 heavy (non-hydrogen) atoms. The molecule has 1 unspecified atom stereocenters. The van der Waals surface area contributed by atoms with E-state index in [9.17, 15) is 0 Å². The van der Waals surface area contributed by atoms with E-state index in [0.29, 0.717) is 0 Å². The van der Waals surface area contributed by atoms with Gasteiger partial charge >= 0.3 is 6.35 Å². The molecule has 2 aromatic rings. The highest BCUT2D eigenvalue weighted by atomic mass is 16.5. The average Bonchev–Trinajstić information content (AvgIpc) is 2.50. The van der Waals surface area contributed by atoms with Gasteiger partial charge in [-0.3, -0.25) is 4.74 Å². The molecule has 0 bridgehead atoms. The van der Waals surface area contributed by atoms with Crippen molar-refractivity contribution < 1.29 is 19.1 Å². The fourth-order valence-electron chi connectivity index (χ4n) is 2.23. The molecule has 0 saturated carbocycles. The van der Waals surface area contributed by atoms with Crippen LogP contribution >= 0.6 is 0 Å². The number of nitrogens with zero attached hydrogens (tertiary/aromatic N) is 3. The summed E-state index contributed by atoms with van der Waals surface area (Å²) in [5.74, 6) is 0. The molecule has 2 aromatic heterocycles. The largest absolute Gasteiger partial charge is 0.474 e. The highest BCUT2D eigenvalue weighted by Gasteiger charge is 2.27. The van der Waals surface area contributed by atoms with Gasteiger partial charge in [0, 0.05) is 36.9 Å². The summed E-state index contributed by atoms with van der Waals surface area (Å²) in [7, 11) is 1.67. The van der Waals surface area contributed by atoms with Crippen LogP contribution in [0.3, 0.4) is 0 Å². The minimum Gasteiger partial charge on any atom is -0.411 e. The molecule has 0 fully saturated rings. The number of rotatable bonds is 4. The first-order valence-corrected chi connectivity index (χ1v) is 7.18. The van der Waals surface area contributed by atoms with Gasteiger partial charge in [0.25, 0.3) is 0 Å². The fourth-order valence-corrected chi connectivity index (χ4v) is 2.23. The average molecular weight is 301 g/mol. The molecule has 0 aliphatic heterocycles. The van der Waals surface area contributed by atoms with Gasteiger partial charge in [0.15, 0.2) is 24.8 Å².